The molecule has 1 aliphatic carbocycles. The Morgan fingerprint density at radius 1 is 1.50 bits per heavy atom. The summed E-state index contributed by atoms with van der Waals surface area (Å²) < 4.78 is 0. The zero-order valence-electron chi connectivity index (χ0n) is 8.92. The van der Waals surface area contributed by atoms with Gasteiger partial charge in [-0.05, 0) is 18.8 Å². The van der Waals surface area contributed by atoms with E-state index < -0.39 is 0 Å². The molecule has 1 saturated carbocycles. The Morgan fingerprint density at radius 2 is 2.21 bits per heavy atom. The van der Waals surface area contributed by atoms with Crippen LogP contribution in [0.5, 0.6) is 0 Å². The number of hydrogen-bond acceptors (Lipinski definition) is 3. The van der Waals surface area contributed by atoms with Crippen LogP contribution in [0.1, 0.15) is 48.2 Å². The highest BCUT2D eigenvalue weighted by atomic mass is 32.1. The van der Waals surface area contributed by atoms with Gasteiger partial charge in [-0.3, -0.25) is 0 Å². The summed E-state index contributed by atoms with van der Waals surface area (Å²) in [7, 11) is 0. The summed E-state index contributed by atoms with van der Waals surface area (Å²) in [6, 6.07) is 0. The summed E-state index contributed by atoms with van der Waals surface area (Å²) in [5.74, 6) is 1.43. The first kappa shape index (κ1) is 10.1. The molecule has 0 saturated heterocycles. The average Bonchev–Trinajstić information content (AvgIpc) is 2.88. The van der Waals surface area contributed by atoms with Crippen LogP contribution in [0.3, 0.4) is 0 Å². The third kappa shape index (κ3) is 2.15. The maximum absolute atomic E-state index is 5.73. The van der Waals surface area contributed by atoms with E-state index in [1.54, 1.807) is 0 Å². The zero-order chi connectivity index (χ0) is 10.1. The molecule has 1 heterocycles. The first-order chi connectivity index (χ1) is 6.70. The largest absolute Gasteiger partial charge is 0.326 e. The van der Waals surface area contributed by atoms with Gasteiger partial charge in [-0.25, -0.2) is 4.98 Å². The van der Waals surface area contributed by atoms with Gasteiger partial charge in [-0.2, -0.15) is 0 Å². The van der Waals surface area contributed by atoms with Gasteiger partial charge in [-0.1, -0.05) is 13.8 Å². The molecule has 14 heavy (non-hydrogen) atoms. The van der Waals surface area contributed by atoms with Gasteiger partial charge in [0, 0.05) is 23.8 Å². The minimum absolute atomic E-state index is 0.668. The summed E-state index contributed by atoms with van der Waals surface area (Å²) in [5, 5.41) is 1.28. The van der Waals surface area contributed by atoms with Crippen LogP contribution in [0.15, 0.2) is 0 Å². The molecule has 0 atom stereocenters. The summed E-state index contributed by atoms with van der Waals surface area (Å²) in [5.41, 5.74) is 7.04. The van der Waals surface area contributed by atoms with E-state index in [-0.39, 0.29) is 0 Å². The lowest BCUT2D eigenvalue weighted by Gasteiger charge is -1.98. The first-order valence-corrected chi connectivity index (χ1v) is 6.21. The van der Waals surface area contributed by atoms with Crippen molar-refractivity contribution in [2.24, 2.45) is 11.7 Å². The van der Waals surface area contributed by atoms with Gasteiger partial charge in [0.05, 0.1) is 10.7 Å². The molecule has 2 nitrogen and oxygen atoms in total. The molecule has 1 aromatic heterocycles. The second-order valence-electron chi connectivity index (χ2n) is 4.49. The van der Waals surface area contributed by atoms with Gasteiger partial charge in [0.25, 0.3) is 0 Å². The van der Waals surface area contributed by atoms with Crippen molar-refractivity contribution in [1.82, 2.24) is 4.98 Å². The second kappa shape index (κ2) is 3.99. The minimum Gasteiger partial charge on any atom is -0.326 e. The van der Waals surface area contributed by atoms with Gasteiger partial charge < -0.3 is 5.73 Å². The van der Waals surface area contributed by atoms with Crippen LogP contribution in [0, 0.1) is 5.92 Å². The lowest BCUT2D eigenvalue weighted by Crippen LogP contribution is -1.97. The van der Waals surface area contributed by atoms with Crippen molar-refractivity contribution in [3.05, 3.63) is 15.6 Å². The van der Waals surface area contributed by atoms with Gasteiger partial charge >= 0.3 is 0 Å². The first-order valence-electron chi connectivity index (χ1n) is 5.39. The molecular weight excluding hydrogens is 192 g/mol. The molecule has 0 aliphatic heterocycles. The molecule has 1 aliphatic rings. The van der Waals surface area contributed by atoms with Crippen molar-refractivity contribution < 1.29 is 0 Å². The van der Waals surface area contributed by atoms with Crippen molar-refractivity contribution in [2.75, 3.05) is 0 Å². The number of nitrogens with two attached hydrogens (primary N) is 1. The van der Waals surface area contributed by atoms with Crippen LogP contribution in [0.25, 0.3) is 0 Å². The fraction of sp³-hybridized carbons (Fsp3) is 0.727. The molecule has 0 spiro atoms. The van der Waals surface area contributed by atoms with E-state index in [1.807, 2.05) is 11.3 Å². The molecule has 78 valence electrons. The van der Waals surface area contributed by atoms with Crippen LogP contribution in [-0.4, -0.2) is 4.98 Å². The van der Waals surface area contributed by atoms with E-state index in [1.165, 1.54) is 28.4 Å². The van der Waals surface area contributed by atoms with Gasteiger partial charge in [0.1, 0.15) is 0 Å². The fourth-order valence-electron chi connectivity index (χ4n) is 1.67. The predicted molar refractivity (Wildman–Crippen MR) is 60.5 cm³/mol. The highest BCUT2D eigenvalue weighted by Crippen LogP contribution is 2.42. The number of nitrogens with zero attached hydrogens (tertiary/aromatic N) is 1. The summed E-state index contributed by atoms with van der Waals surface area (Å²) in [6.07, 6.45) is 3.74. The summed E-state index contributed by atoms with van der Waals surface area (Å²) >= 11 is 1.82. The second-order valence-corrected chi connectivity index (χ2v) is 5.66. The maximum atomic E-state index is 5.73. The Hall–Kier alpha value is -0.410. The van der Waals surface area contributed by atoms with Crippen molar-refractivity contribution in [2.45, 2.75) is 45.6 Å². The lowest BCUT2D eigenvalue weighted by molar-refractivity contribution is 0.643. The van der Waals surface area contributed by atoms with E-state index in [2.05, 4.69) is 13.8 Å². The van der Waals surface area contributed by atoms with Crippen LogP contribution in [-0.2, 0) is 13.0 Å². The van der Waals surface area contributed by atoms with Crippen LogP contribution in [0.4, 0.5) is 0 Å². The average molecular weight is 210 g/mol. The number of rotatable bonds is 4. The monoisotopic (exact) mass is 210 g/mol. The van der Waals surface area contributed by atoms with E-state index in [9.17, 15) is 0 Å². The fourth-order valence-corrected chi connectivity index (χ4v) is 2.92. The quantitative estimate of drug-likeness (QED) is 0.830. The summed E-state index contributed by atoms with van der Waals surface area (Å²) in [6.45, 7) is 5.14. The van der Waals surface area contributed by atoms with Crippen LogP contribution < -0.4 is 5.73 Å². The molecule has 1 aromatic rings. The predicted octanol–water partition coefficient (Wildman–Crippen LogP) is 2.68. The standard InChI is InChI=1S/C11H18N2S/c1-7(2)5-10-13-11(8-3-4-8)9(6-12)14-10/h7-8H,3-6,12H2,1-2H3. The van der Waals surface area contributed by atoms with E-state index in [0.717, 1.165) is 12.3 Å². The number of thiazole rings is 1. The Labute approximate surface area is 89.5 Å². The Kier molecular flexibility index (Phi) is 2.88. The zero-order valence-corrected chi connectivity index (χ0v) is 9.73. The molecule has 0 bridgehead atoms. The van der Waals surface area contributed by atoms with E-state index >= 15 is 0 Å². The van der Waals surface area contributed by atoms with Crippen LogP contribution in [0.2, 0.25) is 0 Å². The highest BCUT2D eigenvalue weighted by molar-refractivity contribution is 7.11. The lowest BCUT2D eigenvalue weighted by atomic mass is 10.1. The van der Waals surface area contributed by atoms with Crippen LogP contribution >= 0.6 is 11.3 Å². The molecule has 0 aromatic carbocycles. The minimum atomic E-state index is 0.668. The number of aromatic nitrogens is 1. The molecule has 3 heteroatoms. The molecule has 1 fully saturated rings. The maximum Gasteiger partial charge on any atom is 0.0934 e. The number of hydrogen-bond donors (Lipinski definition) is 1. The van der Waals surface area contributed by atoms with Gasteiger partial charge in [0.2, 0.25) is 0 Å². The topological polar surface area (TPSA) is 38.9 Å². The third-order valence-corrected chi connectivity index (χ3v) is 3.62. The molecule has 0 unspecified atom stereocenters. The molecule has 2 N–H and O–H groups in total. The van der Waals surface area contributed by atoms with Gasteiger partial charge in [0.15, 0.2) is 0 Å². The van der Waals surface area contributed by atoms with Gasteiger partial charge in [-0.15, -0.1) is 11.3 Å². The smallest absolute Gasteiger partial charge is 0.0934 e. The summed E-state index contributed by atoms with van der Waals surface area (Å²) in [4.78, 5) is 6.04. The highest BCUT2D eigenvalue weighted by Gasteiger charge is 2.29. The SMILES string of the molecule is CC(C)Cc1nc(C2CC2)c(CN)s1. The van der Waals surface area contributed by atoms with Crippen molar-refractivity contribution in [3.8, 4) is 0 Å². The molecular formula is C11H18N2S. The van der Waals surface area contributed by atoms with Crippen molar-refractivity contribution in [1.29, 1.82) is 0 Å². The van der Waals surface area contributed by atoms with E-state index in [0.29, 0.717) is 12.5 Å². The Bertz CT molecular complexity index is 313. The molecule has 2 rings (SSSR count). The van der Waals surface area contributed by atoms with Crippen molar-refractivity contribution >= 4 is 11.3 Å². The Balaban J connectivity index is 2.17. The van der Waals surface area contributed by atoms with E-state index in [4.69, 9.17) is 10.7 Å². The normalized spacial score (nSPS) is 16.6. The molecule has 0 radical (unpaired) electrons. The third-order valence-electron chi connectivity index (χ3n) is 2.50. The van der Waals surface area contributed by atoms with Crippen molar-refractivity contribution in [3.63, 3.8) is 0 Å². The molecule has 0 amide bonds. The Morgan fingerprint density at radius 3 is 2.71 bits per heavy atom.